The highest BCUT2D eigenvalue weighted by molar-refractivity contribution is 9.10. The number of anilines is 1. The van der Waals surface area contributed by atoms with E-state index in [4.69, 9.17) is 11.6 Å². The highest BCUT2D eigenvalue weighted by Crippen LogP contribution is 2.33. The van der Waals surface area contributed by atoms with E-state index in [0.29, 0.717) is 16.3 Å². The van der Waals surface area contributed by atoms with E-state index in [1.165, 1.54) is 6.07 Å². The fourth-order valence-electron chi connectivity index (χ4n) is 4.32. The Bertz CT molecular complexity index is 1590. The fraction of sp³-hybridized carbons (Fsp3) is 0.111. The van der Waals surface area contributed by atoms with Gasteiger partial charge in [-0.1, -0.05) is 76.1 Å². The van der Waals surface area contributed by atoms with Crippen LogP contribution in [0.5, 0.6) is 0 Å². The number of carbonyl (C=O) groups is 2. The largest absolute Gasteiger partial charge is 0.274 e. The molecular weight excluding hydrogens is 564 g/mol. The maximum atomic E-state index is 14.0. The second-order valence-electron chi connectivity index (χ2n) is 8.41. The molecule has 1 aliphatic heterocycles. The second kappa shape index (κ2) is 9.78. The number of amides is 2. The highest BCUT2D eigenvalue weighted by Gasteiger charge is 2.47. The third kappa shape index (κ3) is 4.57. The Morgan fingerprint density at radius 3 is 2.28 bits per heavy atom. The van der Waals surface area contributed by atoms with Crippen LogP contribution >= 0.6 is 27.5 Å². The molecule has 0 spiro atoms. The Kier molecular flexibility index (Phi) is 6.70. The normalized spacial score (nSPS) is 16.3. The van der Waals surface area contributed by atoms with Crippen LogP contribution in [-0.4, -0.2) is 30.6 Å². The van der Waals surface area contributed by atoms with Crippen molar-refractivity contribution in [3.05, 3.63) is 106 Å². The number of sulfonamides is 1. The van der Waals surface area contributed by atoms with E-state index < -0.39 is 27.9 Å². The summed E-state index contributed by atoms with van der Waals surface area (Å²) in [6.07, 6.45) is -0.272. The van der Waals surface area contributed by atoms with E-state index in [0.717, 1.165) is 24.5 Å². The predicted octanol–water partition coefficient (Wildman–Crippen LogP) is 5.78. The zero-order chi connectivity index (χ0) is 25.4. The van der Waals surface area contributed by atoms with Gasteiger partial charge in [0, 0.05) is 16.0 Å². The summed E-state index contributed by atoms with van der Waals surface area (Å²) in [5.41, 5.74) is 0.919. The minimum atomic E-state index is -4.19. The van der Waals surface area contributed by atoms with Crippen molar-refractivity contribution in [2.24, 2.45) is 0 Å². The summed E-state index contributed by atoms with van der Waals surface area (Å²) >= 11 is 9.71. The number of hydrogen-bond donors (Lipinski definition) is 0. The molecule has 1 saturated heterocycles. The summed E-state index contributed by atoms with van der Waals surface area (Å²) in [5.74, 6) is -1.07. The van der Waals surface area contributed by atoms with Crippen molar-refractivity contribution in [3.8, 4) is 0 Å². The molecule has 5 rings (SSSR count). The van der Waals surface area contributed by atoms with Gasteiger partial charge in [0.05, 0.1) is 17.0 Å². The molecule has 36 heavy (non-hydrogen) atoms. The van der Waals surface area contributed by atoms with Crippen molar-refractivity contribution in [2.75, 3.05) is 4.90 Å². The molecular formula is C27H20BrClN2O4S. The van der Waals surface area contributed by atoms with Crippen molar-refractivity contribution >= 4 is 65.8 Å². The van der Waals surface area contributed by atoms with Crippen LogP contribution in [0.3, 0.4) is 0 Å². The minimum absolute atomic E-state index is 0.0376. The molecule has 0 aromatic heterocycles. The van der Waals surface area contributed by atoms with Gasteiger partial charge in [0.25, 0.3) is 5.91 Å². The van der Waals surface area contributed by atoms with Gasteiger partial charge in [0.2, 0.25) is 15.9 Å². The SMILES string of the molecule is O=C1CC(N(Cc2ccccc2Cl)S(=O)(=O)c2ccc3ccccc3c2)C(=O)N1c1ccc(Br)cc1. The van der Waals surface area contributed by atoms with Crippen LogP contribution in [0.4, 0.5) is 5.69 Å². The van der Waals surface area contributed by atoms with Gasteiger partial charge >= 0.3 is 0 Å². The summed E-state index contributed by atoms with van der Waals surface area (Å²) < 4.78 is 29.9. The summed E-state index contributed by atoms with van der Waals surface area (Å²) in [7, 11) is -4.19. The van der Waals surface area contributed by atoms with Crippen molar-refractivity contribution in [3.63, 3.8) is 0 Å². The lowest BCUT2D eigenvalue weighted by Gasteiger charge is -2.27. The number of carbonyl (C=O) groups excluding carboxylic acids is 2. The van der Waals surface area contributed by atoms with Gasteiger partial charge in [0.15, 0.2) is 0 Å². The lowest BCUT2D eigenvalue weighted by atomic mass is 10.1. The maximum Gasteiger partial charge on any atom is 0.252 e. The lowest BCUT2D eigenvalue weighted by Crippen LogP contribution is -2.45. The van der Waals surface area contributed by atoms with Gasteiger partial charge in [-0.05, 0) is 58.8 Å². The molecule has 1 heterocycles. The van der Waals surface area contributed by atoms with Crippen molar-refractivity contribution in [2.45, 2.75) is 23.9 Å². The second-order valence-corrected chi connectivity index (χ2v) is 11.6. The Balaban J connectivity index is 1.59. The smallest absolute Gasteiger partial charge is 0.252 e. The molecule has 0 N–H and O–H groups in total. The summed E-state index contributed by atoms with van der Waals surface area (Å²) in [5, 5.41) is 2.02. The van der Waals surface area contributed by atoms with Crippen LogP contribution in [0.1, 0.15) is 12.0 Å². The first-order valence-corrected chi connectivity index (χ1v) is 13.7. The van der Waals surface area contributed by atoms with Crippen LogP contribution < -0.4 is 4.90 Å². The van der Waals surface area contributed by atoms with Crippen LogP contribution in [0, 0.1) is 0 Å². The maximum absolute atomic E-state index is 14.0. The fourth-order valence-corrected chi connectivity index (χ4v) is 6.38. The minimum Gasteiger partial charge on any atom is -0.274 e. The van der Waals surface area contributed by atoms with Gasteiger partial charge < -0.3 is 0 Å². The molecule has 1 fully saturated rings. The van der Waals surface area contributed by atoms with E-state index in [9.17, 15) is 18.0 Å². The first kappa shape index (κ1) is 24.6. The molecule has 1 atom stereocenters. The monoisotopic (exact) mass is 582 g/mol. The third-order valence-corrected chi connectivity index (χ3v) is 8.91. The van der Waals surface area contributed by atoms with E-state index in [1.54, 1.807) is 60.7 Å². The zero-order valence-electron chi connectivity index (χ0n) is 18.8. The quantitative estimate of drug-likeness (QED) is 0.270. The number of rotatable bonds is 6. The van der Waals surface area contributed by atoms with E-state index in [2.05, 4.69) is 15.9 Å². The molecule has 0 saturated carbocycles. The Hall–Kier alpha value is -3.04. The molecule has 0 radical (unpaired) electrons. The average Bonchev–Trinajstić information content (AvgIpc) is 3.16. The average molecular weight is 584 g/mol. The number of fused-ring (bicyclic) bond motifs is 1. The molecule has 2 amide bonds. The number of nitrogens with zero attached hydrogens (tertiary/aromatic N) is 2. The van der Waals surface area contributed by atoms with Crippen molar-refractivity contribution in [1.29, 1.82) is 0 Å². The first-order chi connectivity index (χ1) is 17.3. The van der Waals surface area contributed by atoms with Crippen LogP contribution in [0.15, 0.2) is 100 Å². The Morgan fingerprint density at radius 2 is 1.56 bits per heavy atom. The van der Waals surface area contributed by atoms with Gasteiger partial charge in [-0.25, -0.2) is 13.3 Å². The van der Waals surface area contributed by atoms with Gasteiger partial charge in [-0.15, -0.1) is 0 Å². The molecule has 6 nitrogen and oxygen atoms in total. The number of halogens is 2. The predicted molar refractivity (Wildman–Crippen MR) is 143 cm³/mol. The number of benzene rings is 4. The van der Waals surface area contributed by atoms with E-state index in [1.807, 2.05) is 24.3 Å². The molecule has 9 heteroatoms. The topological polar surface area (TPSA) is 74.8 Å². The molecule has 4 aromatic rings. The van der Waals surface area contributed by atoms with E-state index in [-0.39, 0.29) is 17.9 Å². The zero-order valence-corrected chi connectivity index (χ0v) is 22.0. The molecule has 0 aliphatic carbocycles. The standard InChI is InChI=1S/C27H20BrClN2O4S/c28-21-10-12-22(13-11-21)31-26(32)16-25(27(31)33)30(17-20-7-3-4-8-24(20)29)36(34,35)23-14-9-18-5-1-2-6-19(18)15-23/h1-15,25H,16-17H2. The lowest BCUT2D eigenvalue weighted by molar-refractivity contribution is -0.122. The molecule has 1 aliphatic rings. The van der Waals surface area contributed by atoms with Crippen molar-refractivity contribution in [1.82, 2.24) is 4.31 Å². The summed E-state index contributed by atoms with van der Waals surface area (Å²) in [6.45, 7) is -0.160. The van der Waals surface area contributed by atoms with Crippen LogP contribution in [0.25, 0.3) is 10.8 Å². The summed E-state index contributed by atoms with van der Waals surface area (Å²) in [6, 6.07) is 24.6. The number of hydrogen-bond acceptors (Lipinski definition) is 4. The van der Waals surface area contributed by atoms with Gasteiger partial charge in [0.1, 0.15) is 6.04 Å². The Morgan fingerprint density at radius 1 is 0.889 bits per heavy atom. The van der Waals surface area contributed by atoms with Gasteiger partial charge in [-0.3, -0.25) is 9.59 Å². The number of imide groups is 1. The first-order valence-electron chi connectivity index (χ1n) is 11.1. The van der Waals surface area contributed by atoms with Crippen LogP contribution in [-0.2, 0) is 26.2 Å². The molecule has 1 unspecified atom stereocenters. The Labute approximate surface area is 222 Å². The molecule has 182 valence electrons. The van der Waals surface area contributed by atoms with Crippen LogP contribution in [0.2, 0.25) is 5.02 Å². The van der Waals surface area contributed by atoms with Gasteiger partial charge in [-0.2, -0.15) is 4.31 Å². The highest BCUT2D eigenvalue weighted by atomic mass is 79.9. The third-order valence-electron chi connectivity index (χ3n) is 6.17. The van der Waals surface area contributed by atoms with E-state index >= 15 is 0 Å². The molecule has 4 aromatic carbocycles. The molecule has 0 bridgehead atoms. The summed E-state index contributed by atoms with van der Waals surface area (Å²) in [4.78, 5) is 27.6. The van der Waals surface area contributed by atoms with Crippen molar-refractivity contribution < 1.29 is 18.0 Å².